The third-order valence-corrected chi connectivity index (χ3v) is 3.72. The highest BCUT2D eigenvalue weighted by molar-refractivity contribution is 5.77. The SMILES string of the molecule is CN(C)C(=O)CN1CCC(c2ccccc2)CC1. The van der Waals surface area contributed by atoms with E-state index >= 15 is 0 Å². The molecule has 0 bridgehead atoms. The van der Waals surface area contributed by atoms with Crippen molar-refractivity contribution < 1.29 is 4.79 Å². The lowest BCUT2D eigenvalue weighted by atomic mass is 9.89. The van der Waals surface area contributed by atoms with Crippen LogP contribution in [-0.2, 0) is 4.79 Å². The van der Waals surface area contributed by atoms with E-state index in [2.05, 4.69) is 35.2 Å². The Labute approximate surface area is 109 Å². The summed E-state index contributed by atoms with van der Waals surface area (Å²) in [6.07, 6.45) is 2.31. The van der Waals surface area contributed by atoms with E-state index in [1.165, 1.54) is 5.56 Å². The maximum atomic E-state index is 11.6. The molecule has 3 nitrogen and oxygen atoms in total. The second kappa shape index (κ2) is 6.01. The van der Waals surface area contributed by atoms with Crippen molar-refractivity contribution in [1.29, 1.82) is 0 Å². The number of piperidine rings is 1. The lowest BCUT2D eigenvalue weighted by molar-refractivity contribution is -0.130. The van der Waals surface area contributed by atoms with Crippen LogP contribution in [0.1, 0.15) is 24.3 Å². The van der Waals surface area contributed by atoms with Crippen LogP contribution in [-0.4, -0.2) is 49.4 Å². The smallest absolute Gasteiger partial charge is 0.236 e. The van der Waals surface area contributed by atoms with Crippen LogP contribution < -0.4 is 0 Å². The maximum Gasteiger partial charge on any atom is 0.236 e. The van der Waals surface area contributed by atoms with Crippen molar-refractivity contribution in [1.82, 2.24) is 9.80 Å². The van der Waals surface area contributed by atoms with Gasteiger partial charge in [0.1, 0.15) is 0 Å². The number of likely N-dealkylation sites (tertiary alicyclic amines) is 1. The second-order valence-corrected chi connectivity index (χ2v) is 5.25. The van der Waals surface area contributed by atoms with Gasteiger partial charge in [-0.2, -0.15) is 0 Å². The van der Waals surface area contributed by atoms with Gasteiger partial charge in [0, 0.05) is 14.1 Å². The number of likely N-dealkylation sites (N-methyl/N-ethyl adjacent to an activating group) is 1. The molecule has 1 fully saturated rings. The molecular formula is C15H22N2O. The molecule has 98 valence electrons. The number of carbonyl (C=O) groups is 1. The minimum absolute atomic E-state index is 0.202. The molecule has 0 spiro atoms. The van der Waals surface area contributed by atoms with Gasteiger partial charge in [-0.1, -0.05) is 30.3 Å². The van der Waals surface area contributed by atoms with Gasteiger partial charge in [-0.25, -0.2) is 0 Å². The predicted octanol–water partition coefficient (Wildman–Crippen LogP) is 1.95. The summed E-state index contributed by atoms with van der Waals surface area (Å²) >= 11 is 0. The summed E-state index contributed by atoms with van der Waals surface area (Å²) < 4.78 is 0. The average molecular weight is 246 g/mol. The summed E-state index contributed by atoms with van der Waals surface area (Å²) in [5.41, 5.74) is 1.44. The molecule has 1 amide bonds. The lowest BCUT2D eigenvalue weighted by Gasteiger charge is -2.32. The van der Waals surface area contributed by atoms with E-state index in [9.17, 15) is 4.79 Å². The Kier molecular flexibility index (Phi) is 4.37. The molecule has 1 saturated heterocycles. The number of hydrogen-bond donors (Lipinski definition) is 0. The van der Waals surface area contributed by atoms with Gasteiger partial charge in [-0.05, 0) is 37.4 Å². The Morgan fingerprint density at radius 1 is 1.22 bits per heavy atom. The summed E-state index contributed by atoms with van der Waals surface area (Å²) in [4.78, 5) is 15.6. The van der Waals surface area contributed by atoms with E-state index in [0.29, 0.717) is 12.5 Å². The van der Waals surface area contributed by atoms with Crippen molar-refractivity contribution in [3.05, 3.63) is 35.9 Å². The zero-order valence-corrected chi connectivity index (χ0v) is 11.3. The van der Waals surface area contributed by atoms with Crippen molar-refractivity contribution >= 4 is 5.91 Å². The van der Waals surface area contributed by atoms with Gasteiger partial charge in [0.15, 0.2) is 0 Å². The number of nitrogens with zero attached hydrogens (tertiary/aromatic N) is 2. The highest BCUT2D eigenvalue weighted by Gasteiger charge is 2.22. The van der Waals surface area contributed by atoms with Crippen LogP contribution in [0, 0.1) is 0 Å². The topological polar surface area (TPSA) is 23.6 Å². The molecule has 0 aliphatic carbocycles. The fourth-order valence-corrected chi connectivity index (χ4v) is 2.48. The molecule has 1 aliphatic heterocycles. The van der Waals surface area contributed by atoms with Crippen molar-refractivity contribution in [3.63, 3.8) is 0 Å². The third kappa shape index (κ3) is 3.33. The number of rotatable bonds is 3. The number of hydrogen-bond acceptors (Lipinski definition) is 2. The summed E-state index contributed by atoms with van der Waals surface area (Å²) in [7, 11) is 3.64. The fraction of sp³-hybridized carbons (Fsp3) is 0.533. The minimum Gasteiger partial charge on any atom is -0.348 e. The summed E-state index contributed by atoms with van der Waals surface area (Å²) in [5.74, 6) is 0.866. The molecule has 0 atom stereocenters. The van der Waals surface area contributed by atoms with E-state index in [4.69, 9.17) is 0 Å². The van der Waals surface area contributed by atoms with Gasteiger partial charge in [0.05, 0.1) is 6.54 Å². The first-order valence-electron chi connectivity index (χ1n) is 6.64. The fourth-order valence-electron chi connectivity index (χ4n) is 2.48. The van der Waals surface area contributed by atoms with Crippen LogP contribution in [0.5, 0.6) is 0 Å². The van der Waals surface area contributed by atoms with Gasteiger partial charge in [0.2, 0.25) is 5.91 Å². The maximum absolute atomic E-state index is 11.6. The van der Waals surface area contributed by atoms with Crippen LogP contribution in [0.2, 0.25) is 0 Å². The van der Waals surface area contributed by atoms with E-state index in [1.807, 2.05) is 14.1 Å². The highest BCUT2D eigenvalue weighted by atomic mass is 16.2. The molecule has 1 aromatic carbocycles. The van der Waals surface area contributed by atoms with Crippen LogP contribution >= 0.6 is 0 Å². The van der Waals surface area contributed by atoms with Gasteiger partial charge in [0.25, 0.3) is 0 Å². The van der Waals surface area contributed by atoms with Crippen molar-refractivity contribution in [2.75, 3.05) is 33.7 Å². The molecule has 1 heterocycles. The van der Waals surface area contributed by atoms with Crippen molar-refractivity contribution in [3.8, 4) is 0 Å². The predicted molar refractivity (Wildman–Crippen MR) is 73.6 cm³/mol. The van der Waals surface area contributed by atoms with E-state index < -0.39 is 0 Å². The van der Waals surface area contributed by atoms with Crippen LogP contribution in [0.4, 0.5) is 0 Å². The van der Waals surface area contributed by atoms with E-state index in [1.54, 1.807) is 4.90 Å². The largest absolute Gasteiger partial charge is 0.348 e. The molecular weight excluding hydrogens is 224 g/mol. The summed E-state index contributed by atoms with van der Waals surface area (Å²) in [5, 5.41) is 0. The molecule has 3 heteroatoms. The zero-order valence-electron chi connectivity index (χ0n) is 11.3. The van der Waals surface area contributed by atoms with Gasteiger partial charge >= 0.3 is 0 Å². The Hall–Kier alpha value is -1.35. The molecule has 0 unspecified atom stereocenters. The van der Waals surface area contributed by atoms with Crippen molar-refractivity contribution in [2.45, 2.75) is 18.8 Å². The monoisotopic (exact) mass is 246 g/mol. The molecule has 0 N–H and O–H groups in total. The highest BCUT2D eigenvalue weighted by Crippen LogP contribution is 2.27. The summed E-state index contributed by atoms with van der Waals surface area (Å²) in [6.45, 7) is 2.62. The van der Waals surface area contributed by atoms with Gasteiger partial charge < -0.3 is 4.90 Å². The first-order valence-corrected chi connectivity index (χ1v) is 6.64. The normalized spacial score (nSPS) is 17.7. The number of carbonyl (C=O) groups excluding carboxylic acids is 1. The molecule has 1 aliphatic rings. The minimum atomic E-state index is 0.202. The molecule has 2 rings (SSSR count). The average Bonchev–Trinajstić information content (AvgIpc) is 2.40. The van der Waals surface area contributed by atoms with Crippen LogP contribution in [0.3, 0.4) is 0 Å². The first kappa shape index (κ1) is 13.1. The van der Waals surface area contributed by atoms with Crippen LogP contribution in [0.25, 0.3) is 0 Å². The van der Waals surface area contributed by atoms with E-state index in [-0.39, 0.29) is 5.91 Å². The number of benzene rings is 1. The van der Waals surface area contributed by atoms with Gasteiger partial charge in [-0.3, -0.25) is 9.69 Å². The number of amides is 1. The quantitative estimate of drug-likeness (QED) is 0.814. The van der Waals surface area contributed by atoms with Crippen LogP contribution in [0.15, 0.2) is 30.3 Å². The summed E-state index contributed by atoms with van der Waals surface area (Å²) in [6, 6.07) is 10.7. The second-order valence-electron chi connectivity index (χ2n) is 5.25. The standard InChI is InChI=1S/C15H22N2O/c1-16(2)15(18)12-17-10-8-14(9-11-17)13-6-4-3-5-7-13/h3-7,14H,8-12H2,1-2H3. The molecule has 1 aromatic rings. The Bertz CT molecular complexity index is 381. The lowest BCUT2D eigenvalue weighted by Crippen LogP contribution is -2.40. The zero-order chi connectivity index (χ0) is 13.0. The third-order valence-electron chi connectivity index (χ3n) is 3.72. The Morgan fingerprint density at radius 3 is 2.39 bits per heavy atom. The molecule has 0 aromatic heterocycles. The Balaban J connectivity index is 1.83. The van der Waals surface area contributed by atoms with Gasteiger partial charge in [-0.15, -0.1) is 0 Å². The van der Waals surface area contributed by atoms with Crippen molar-refractivity contribution in [2.24, 2.45) is 0 Å². The molecule has 0 saturated carbocycles. The first-order chi connectivity index (χ1) is 8.66. The van der Waals surface area contributed by atoms with E-state index in [0.717, 1.165) is 25.9 Å². The molecule has 0 radical (unpaired) electrons. The molecule has 18 heavy (non-hydrogen) atoms. The Morgan fingerprint density at radius 2 is 1.83 bits per heavy atom.